The average molecular weight is 390 g/mol. The number of aliphatic imine (C=N–C) groups is 1. The number of nitrogens with one attached hydrogen (secondary N) is 1. The Hall–Kier alpha value is -1.72. The molecule has 0 saturated carbocycles. The lowest BCUT2D eigenvalue weighted by molar-refractivity contribution is 0.467. The van der Waals surface area contributed by atoms with E-state index in [0.717, 1.165) is 34.6 Å². The van der Waals surface area contributed by atoms with E-state index >= 15 is 0 Å². The van der Waals surface area contributed by atoms with Crippen molar-refractivity contribution in [3.63, 3.8) is 0 Å². The predicted octanol–water partition coefficient (Wildman–Crippen LogP) is 4.93. The number of nitrogens with zero attached hydrogens (tertiary/aromatic N) is 2. The van der Waals surface area contributed by atoms with Crippen molar-refractivity contribution in [1.29, 1.82) is 0 Å². The van der Waals surface area contributed by atoms with E-state index in [-0.39, 0.29) is 0 Å². The summed E-state index contributed by atoms with van der Waals surface area (Å²) in [5.41, 5.74) is 1.99. The summed E-state index contributed by atoms with van der Waals surface area (Å²) in [6, 6.07) is 18.0. The molecule has 0 saturated heterocycles. The molecule has 120 valence electrons. The minimum atomic E-state index is 0.457. The van der Waals surface area contributed by atoms with Crippen molar-refractivity contribution in [3.05, 3.63) is 64.6 Å². The van der Waals surface area contributed by atoms with Gasteiger partial charge in [0.15, 0.2) is 5.11 Å². The van der Waals surface area contributed by atoms with E-state index in [4.69, 9.17) is 12.2 Å². The molecule has 0 radical (unpaired) electrons. The molecule has 2 aromatic rings. The van der Waals surface area contributed by atoms with Gasteiger partial charge in [-0.15, -0.1) is 0 Å². The van der Waals surface area contributed by atoms with Crippen LogP contribution in [0.2, 0.25) is 0 Å². The van der Waals surface area contributed by atoms with Crippen LogP contribution in [0.3, 0.4) is 0 Å². The molecule has 5 heteroatoms. The zero-order chi connectivity index (χ0) is 16.7. The number of thiocarbonyl (C=S) groups is 1. The number of hydrogen-bond acceptors (Lipinski definition) is 1. The van der Waals surface area contributed by atoms with Crippen LogP contribution >= 0.6 is 28.1 Å². The van der Waals surface area contributed by atoms with Gasteiger partial charge in [-0.25, -0.2) is 4.99 Å². The Balaban J connectivity index is 2.25. The third-order valence-electron chi connectivity index (χ3n) is 3.40. The van der Waals surface area contributed by atoms with Crippen LogP contribution in [0.15, 0.2) is 64.1 Å². The molecular weight excluding hydrogens is 370 g/mol. The van der Waals surface area contributed by atoms with Crippen LogP contribution in [0.1, 0.15) is 19.4 Å². The van der Waals surface area contributed by atoms with Crippen LogP contribution < -0.4 is 5.32 Å². The van der Waals surface area contributed by atoms with Crippen molar-refractivity contribution in [3.8, 4) is 0 Å². The lowest BCUT2D eigenvalue weighted by atomic mass is 10.2. The highest BCUT2D eigenvalue weighted by molar-refractivity contribution is 9.10. The number of amidine groups is 1. The summed E-state index contributed by atoms with van der Waals surface area (Å²) in [5.74, 6) is 0.894. The maximum Gasteiger partial charge on any atom is 0.199 e. The Morgan fingerprint density at radius 2 is 1.65 bits per heavy atom. The van der Waals surface area contributed by atoms with Crippen molar-refractivity contribution in [2.24, 2.45) is 4.99 Å². The topological polar surface area (TPSA) is 27.6 Å². The minimum Gasteiger partial charge on any atom is -0.357 e. The Bertz CT molecular complexity index is 664. The first kappa shape index (κ1) is 17.6. The first-order valence-corrected chi connectivity index (χ1v) is 8.79. The normalized spacial score (nSPS) is 11.2. The summed E-state index contributed by atoms with van der Waals surface area (Å²) in [6.07, 6.45) is 0. The van der Waals surface area contributed by atoms with Crippen LogP contribution in [0.25, 0.3) is 0 Å². The van der Waals surface area contributed by atoms with Gasteiger partial charge in [0, 0.05) is 28.8 Å². The van der Waals surface area contributed by atoms with E-state index in [0.29, 0.717) is 5.11 Å². The van der Waals surface area contributed by atoms with Crippen LogP contribution in [0, 0.1) is 0 Å². The molecule has 1 N–H and O–H groups in total. The van der Waals surface area contributed by atoms with Crippen LogP contribution in [0.4, 0.5) is 5.69 Å². The summed E-state index contributed by atoms with van der Waals surface area (Å²) in [5, 5.41) is 3.63. The molecule has 0 atom stereocenters. The van der Waals surface area contributed by atoms with Crippen molar-refractivity contribution >= 4 is 44.8 Å². The van der Waals surface area contributed by atoms with Crippen LogP contribution in [-0.4, -0.2) is 28.9 Å². The van der Waals surface area contributed by atoms with Crippen molar-refractivity contribution in [2.75, 3.05) is 18.4 Å². The zero-order valence-electron chi connectivity index (χ0n) is 13.3. The first-order valence-electron chi connectivity index (χ1n) is 7.59. The lowest BCUT2D eigenvalue weighted by Crippen LogP contribution is -2.32. The highest BCUT2D eigenvalue weighted by Crippen LogP contribution is 2.15. The van der Waals surface area contributed by atoms with E-state index in [1.807, 2.05) is 42.5 Å². The van der Waals surface area contributed by atoms with Gasteiger partial charge in [0.05, 0.1) is 0 Å². The smallest absolute Gasteiger partial charge is 0.199 e. The molecule has 0 spiro atoms. The third kappa shape index (κ3) is 5.15. The fraction of sp³-hybridized carbons (Fsp3) is 0.222. The quantitative estimate of drug-likeness (QED) is 0.456. The van der Waals surface area contributed by atoms with E-state index in [1.165, 1.54) is 0 Å². The van der Waals surface area contributed by atoms with Crippen LogP contribution in [-0.2, 0) is 0 Å². The Morgan fingerprint density at radius 1 is 1.04 bits per heavy atom. The Kier molecular flexibility index (Phi) is 6.74. The highest BCUT2D eigenvalue weighted by Gasteiger charge is 2.11. The summed E-state index contributed by atoms with van der Waals surface area (Å²) >= 11 is 8.85. The molecule has 0 aliphatic heterocycles. The molecular formula is C18H20BrN3S. The summed E-state index contributed by atoms with van der Waals surface area (Å²) in [4.78, 5) is 6.86. The molecule has 0 heterocycles. The highest BCUT2D eigenvalue weighted by atomic mass is 79.9. The summed E-state index contributed by atoms with van der Waals surface area (Å²) in [7, 11) is 0. The lowest BCUT2D eigenvalue weighted by Gasteiger charge is -2.23. The second-order valence-corrected chi connectivity index (χ2v) is 6.21. The Labute approximate surface area is 151 Å². The number of halogens is 1. The monoisotopic (exact) mass is 389 g/mol. The second kappa shape index (κ2) is 8.79. The van der Waals surface area contributed by atoms with Gasteiger partial charge < -0.3 is 10.2 Å². The second-order valence-electron chi connectivity index (χ2n) is 4.91. The van der Waals surface area contributed by atoms with Gasteiger partial charge in [-0.1, -0.05) is 46.3 Å². The largest absolute Gasteiger partial charge is 0.357 e. The molecule has 0 unspecified atom stereocenters. The molecule has 0 fully saturated rings. The average Bonchev–Trinajstić information content (AvgIpc) is 2.58. The molecule has 0 amide bonds. The van der Waals surface area contributed by atoms with Gasteiger partial charge in [-0.05, 0) is 50.3 Å². The van der Waals surface area contributed by atoms with Gasteiger partial charge in [0.2, 0.25) is 0 Å². The SMILES string of the molecule is CCN(CC)/C(=N/C(=S)Nc1ccc(Br)cc1)c1ccccc1. The van der Waals surface area contributed by atoms with Gasteiger partial charge in [-0.2, -0.15) is 0 Å². The fourth-order valence-corrected chi connectivity index (χ4v) is 2.68. The van der Waals surface area contributed by atoms with Crippen molar-refractivity contribution in [1.82, 2.24) is 4.90 Å². The molecule has 2 aromatic carbocycles. The summed E-state index contributed by atoms with van der Waals surface area (Å²) in [6.45, 7) is 6.00. The fourth-order valence-electron chi connectivity index (χ4n) is 2.21. The van der Waals surface area contributed by atoms with E-state index < -0.39 is 0 Å². The molecule has 0 aromatic heterocycles. The van der Waals surface area contributed by atoms with Gasteiger partial charge in [0.25, 0.3) is 0 Å². The van der Waals surface area contributed by atoms with Gasteiger partial charge in [-0.3, -0.25) is 0 Å². The maximum absolute atomic E-state index is 5.42. The molecule has 2 rings (SSSR count). The molecule has 0 aliphatic carbocycles. The minimum absolute atomic E-state index is 0.457. The molecule has 3 nitrogen and oxygen atoms in total. The molecule has 23 heavy (non-hydrogen) atoms. The molecule has 0 bridgehead atoms. The van der Waals surface area contributed by atoms with Crippen LogP contribution in [0.5, 0.6) is 0 Å². The van der Waals surface area contributed by atoms with E-state index in [1.54, 1.807) is 0 Å². The number of rotatable bonds is 4. The number of benzene rings is 2. The van der Waals surface area contributed by atoms with Crippen molar-refractivity contribution < 1.29 is 0 Å². The van der Waals surface area contributed by atoms with E-state index in [2.05, 4.69) is 57.1 Å². The van der Waals surface area contributed by atoms with Gasteiger partial charge >= 0.3 is 0 Å². The number of anilines is 1. The maximum atomic E-state index is 5.42. The van der Waals surface area contributed by atoms with Gasteiger partial charge in [0.1, 0.15) is 5.84 Å². The third-order valence-corrected chi connectivity index (χ3v) is 4.12. The van der Waals surface area contributed by atoms with Crippen molar-refractivity contribution in [2.45, 2.75) is 13.8 Å². The summed E-state index contributed by atoms with van der Waals surface area (Å²) < 4.78 is 1.03. The Morgan fingerprint density at radius 3 is 2.22 bits per heavy atom. The number of hydrogen-bond donors (Lipinski definition) is 1. The molecule has 0 aliphatic rings. The first-order chi connectivity index (χ1) is 11.1. The zero-order valence-corrected chi connectivity index (χ0v) is 15.7. The van der Waals surface area contributed by atoms with E-state index in [9.17, 15) is 0 Å². The predicted molar refractivity (Wildman–Crippen MR) is 106 cm³/mol. The standard InChI is InChI=1S/C18H20BrN3S/c1-3-22(4-2)17(14-8-6-5-7-9-14)21-18(23)20-16-12-10-15(19)11-13-16/h5-13H,3-4H2,1-2H3,(H,20,23)/b21-17+.